The molecule has 2 aromatic rings. The Labute approximate surface area is 126 Å². The van der Waals surface area contributed by atoms with Crippen molar-refractivity contribution < 1.29 is 9.32 Å². The zero-order chi connectivity index (χ0) is 15.6. The summed E-state index contributed by atoms with van der Waals surface area (Å²) >= 11 is 5.85. The summed E-state index contributed by atoms with van der Waals surface area (Å²) in [5.74, 6) is 5.99. The third-order valence-electron chi connectivity index (χ3n) is 3.07. The standard InChI is InChI=1S/C13H16ClN5O2/c1-6(12-7(2)19-21-8(12)3)16-13(20)9-4-10(14)17-11(5-9)18-15/h4-6H,15H2,1-3H3,(H,16,20)(H,17,18). The van der Waals surface area contributed by atoms with Gasteiger partial charge in [-0.25, -0.2) is 10.8 Å². The minimum Gasteiger partial charge on any atom is -0.361 e. The van der Waals surface area contributed by atoms with E-state index in [1.54, 1.807) is 6.92 Å². The van der Waals surface area contributed by atoms with Crippen molar-refractivity contribution in [2.75, 3.05) is 5.43 Å². The Morgan fingerprint density at radius 2 is 2.14 bits per heavy atom. The molecule has 0 saturated carbocycles. The van der Waals surface area contributed by atoms with E-state index in [4.69, 9.17) is 22.0 Å². The van der Waals surface area contributed by atoms with Crippen LogP contribution in [0, 0.1) is 13.8 Å². The molecule has 8 heteroatoms. The molecule has 0 spiro atoms. The maximum Gasteiger partial charge on any atom is 0.252 e. The highest BCUT2D eigenvalue weighted by Gasteiger charge is 2.19. The molecule has 0 radical (unpaired) electrons. The maximum absolute atomic E-state index is 12.3. The zero-order valence-corrected chi connectivity index (χ0v) is 12.7. The van der Waals surface area contributed by atoms with Gasteiger partial charge in [0.25, 0.3) is 5.91 Å². The number of pyridine rings is 1. The van der Waals surface area contributed by atoms with Crippen molar-refractivity contribution in [1.29, 1.82) is 0 Å². The molecule has 1 unspecified atom stereocenters. The lowest BCUT2D eigenvalue weighted by atomic mass is 10.1. The van der Waals surface area contributed by atoms with Crippen LogP contribution in [0.15, 0.2) is 16.7 Å². The summed E-state index contributed by atoms with van der Waals surface area (Å²) in [7, 11) is 0. The summed E-state index contributed by atoms with van der Waals surface area (Å²) in [6.07, 6.45) is 0. The summed E-state index contributed by atoms with van der Waals surface area (Å²) in [5, 5.41) is 6.92. The van der Waals surface area contributed by atoms with E-state index < -0.39 is 0 Å². The van der Waals surface area contributed by atoms with Gasteiger partial charge < -0.3 is 15.3 Å². The van der Waals surface area contributed by atoms with E-state index in [9.17, 15) is 4.79 Å². The van der Waals surface area contributed by atoms with Crippen LogP contribution >= 0.6 is 11.6 Å². The monoisotopic (exact) mass is 309 g/mol. The van der Waals surface area contributed by atoms with E-state index in [0.29, 0.717) is 17.1 Å². The first-order chi connectivity index (χ1) is 9.92. The Bertz CT molecular complexity index is 651. The second kappa shape index (κ2) is 6.11. The average molecular weight is 310 g/mol. The van der Waals surface area contributed by atoms with Gasteiger partial charge in [0.05, 0.1) is 11.7 Å². The van der Waals surface area contributed by atoms with Crippen molar-refractivity contribution in [3.8, 4) is 0 Å². The molecule has 0 fully saturated rings. The molecule has 0 aliphatic carbocycles. The van der Waals surface area contributed by atoms with E-state index in [0.717, 1.165) is 11.3 Å². The van der Waals surface area contributed by atoms with Crippen LogP contribution in [0.5, 0.6) is 0 Å². The van der Waals surface area contributed by atoms with Crippen LogP contribution < -0.4 is 16.6 Å². The first kappa shape index (κ1) is 15.3. The minimum absolute atomic E-state index is 0.181. The first-order valence-electron chi connectivity index (χ1n) is 6.30. The molecule has 1 atom stereocenters. The second-order valence-electron chi connectivity index (χ2n) is 4.64. The summed E-state index contributed by atoms with van der Waals surface area (Å²) in [6, 6.07) is 2.74. The number of rotatable bonds is 4. The number of halogens is 1. The fourth-order valence-corrected chi connectivity index (χ4v) is 2.37. The maximum atomic E-state index is 12.3. The minimum atomic E-state index is -0.289. The van der Waals surface area contributed by atoms with Gasteiger partial charge >= 0.3 is 0 Å². The van der Waals surface area contributed by atoms with E-state index >= 15 is 0 Å². The van der Waals surface area contributed by atoms with Gasteiger partial charge in [0.2, 0.25) is 0 Å². The number of hydrazine groups is 1. The topological polar surface area (TPSA) is 106 Å². The number of hydrogen-bond acceptors (Lipinski definition) is 6. The highest BCUT2D eigenvalue weighted by Crippen LogP contribution is 2.22. The molecule has 0 aliphatic heterocycles. The summed E-state index contributed by atoms with van der Waals surface area (Å²) in [6.45, 7) is 5.49. The molecule has 7 nitrogen and oxygen atoms in total. The predicted octanol–water partition coefficient (Wildman–Crippen LogP) is 2.12. The van der Waals surface area contributed by atoms with Crippen LogP contribution in [0.25, 0.3) is 0 Å². The number of aromatic nitrogens is 2. The summed E-state index contributed by atoms with van der Waals surface area (Å²) < 4.78 is 5.10. The van der Waals surface area contributed by atoms with Crippen LogP contribution in [0.1, 0.15) is 40.3 Å². The molecule has 2 rings (SSSR count). The van der Waals surface area contributed by atoms with Gasteiger partial charge in [0.1, 0.15) is 16.7 Å². The van der Waals surface area contributed by atoms with E-state index in [2.05, 4.69) is 20.9 Å². The molecule has 4 N–H and O–H groups in total. The van der Waals surface area contributed by atoms with Crippen molar-refractivity contribution >= 4 is 23.3 Å². The second-order valence-corrected chi connectivity index (χ2v) is 5.03. The lowest BCUT2D eigenvalue weighted by Crippen LogP contribution is -2.27. The predicted molar refractivity (Wildman–Crippen MR) is 78.9 cm³/mol. The number of carbonyl (C=O) groups excluding carboxylic acids is 1. The van der Waals surface area contributed by atoms with Crippen molar-refractivity contribution in [3.05, 3.63) is 39.9 Å². The van der Waals surface area contributed by atoms with Crippen molar-refractivity contribution in [1.82, 2.24) is 15.5 Å². The fraction of sp³-hybridized carbons (Fsp3) is 0.308. The Hall–Kier alpha value is -2.12. The number of aryl methyl sites for hydroxylation is 2. The van der Waals surface area contributed by atoms with Crippen molar-refractivity contribution in [2.24, 2.45) is 5.84 Å². The highest BCUT2D eigenvalue weighted by atomic mass is 35.5. The van der Waals surface area contributed by atoms with Crippen LogP contribution in [0.3, 0.4) is 0 Å². The molecule has 0 aliphatic rings. The number of nitrogens with one attached hydrogen (secondary N) is 2. The SMILES string of the molecule is Cc1noc(C)c1C(C)NC(=O)c1cc(Cl)nc(NN)c1. The van der Waals surface area contributed by atoms with Gasteiger partial charge in [-0.05, 0) is 32.9 Å². The van der Waals surface area contributed by atoms with E-state index in [1.807, 2.05) is 13.8 Å². The largest absolute Gasteiger partial charge is 0.361 e. The average Bonchev–Trinajstić information content (AvgIpc) is 2.77. The normalized spacial score (nSPS) is 12.0. The third kappa shape index (κ3) is 3.32. The molecule has 0 aromatic carbocycles. The fourth-order valence-electron chi connectivity index (χ4n) is 2.16. The molecule has 21 heavy (non-hydrogen) atoms. The molecule has 2 aromatic heterocycles. The van der Waals surface area contributed by atoms with Crippen LogP contribution in [0.4, 0.5) is 5.82 Å². The quantitative estimate of drug-likeness (QED) is 0.454. The number of carbonyl (C=O) groups is 1. The molecule has 2 heterocycles. The van der Waals surface area contributed by atoms with Crippen LogP contribution in [-0.2, 0) is 0 Å². The molecule has 0 bridgehead atoms. The third-order valence-corrected chi connectivity index (χ3v) is 3.27. The number of anilines is 1. The van der Waals surface area contributed by atoms with Gasteiger partial charge in [-0.15, -0.1) is 0 Å². The Morgan fingerprint density at radius 3 is 2.71 bits per heavy atom. The number of amides is 1. The molecule has 0 saturated heterocycles. The van der Waals surface area contributed by atoms with Gasteiger partial charge in [-0.2, -0.15) is 0 Å². The number of nitrogens with two attached hydrogens (primary N) is 1. The number of nitrogen functional groups attached to an aromatic ring is 1. The van der Waals surface area contributed by atoms with E-state index in [-0.39, 0.29) is 17.1 Å². The lowest BCUT2D eigenvalue weighted by Gasteiger charge is -2.14. The summed E-state index contributed by atoms with van der Waals surface area (Å²) in [4.78, 5) is 16.2. The van der Waals surface area contributed by atoms with Crippen LogP contribution in [-0.4, -0.2) is 16.0 Å². The zero-order valence-electron chi connectivity index (χ0n) is 11.9. The number of nitrogens with zero attached hydrogens (tertiary/aromatic N) is 2. The van der Waals surface area contributed by atoms with Gasteiger partial charge in [-0.3, -0.25) is 4.79 Å². The van der Waals surface area contributed by atoms with Gasteiger partial charge in [0, 0.05) is 11.1 Å². The Morgan fingerprint density at radius 1 is 1.43 bits per heavy atom. The molecule has 1 amide bonds. The Kier molecular flexibility index (Phi) is 4.44. The Balaban J connectivity index is 2.20. The lowest BCUT2D eigenvalue weighted by molar-refractivity contribution is 0.0939. The van der Waals surface area contributed by atoms with E-state index in [1.165, 1.54) is 12.1 Å². The first-order valence-corrected chi connectivity index (χ1v) is 6.68. The van der Waals surface area contributed by atoms with Crippen molar-refractivity contribution in [3.63, 3.8) is 0 Å². The van der Waals surface area contributed by atoms with Crippen molar-refractivity contribution in [2.45, 2.75) is 26.8 Å². The molecular formula is C13H16ClN5O2. The summed E-state index contributed by atoms with van der Waals surface area (Å²) in [5.41, 5.74) is 4.33. The van der Waals surface area contributed by atoms with Crippen LogP contribution in [0.2, 0.25) is 5.15 Å². The number of hydrogen-bond donors (Lipinski definition) is 3. The van der Waals surface area contributed by atoms with Gasteiger partial charge in [0.15, 0.2) is 0 Å². The molecule has 112 valence electrons. The molecular weight excluding hydrogens is 294 g/mol. The smallest absolute Gasteiger partial charge is 0.252 e. The van der Waals surface area contributed by atoms with Gasteiger partial charge in [-0.1, -0.05) is 16.8 Å². The highest BCUT2D eigenvalue weighted by molar-refractivity contribution is 6.29.